The molecule has 30 heavy (non-hydrogen) atoms. The highest BCUT2D eigenvalue weighted by molar-refractivity contribution is 5.96. The van der Waals surface area contributed by atoms with E-state index in [1.54, 1.807) is 0 Å². The molecule has 0 aromatic carbocycles. The molecule has 1 aliphatic carbocycles. The number of aliphatic hydroxyl groups is 1. The Morgan fingerprint density at radius 1 is 0.967 bits per heavy atom. The highest BCUT2D eigenvalue weighted by Crippen LogP contribution is 2.30. The monoisotopic (exact) mass is 418 g/mol. The van der Waals surface area contributed by atoms with Gasteiger partial charge in [0.25, 0.3) is 0 Å². The molecule has 4 unspecified atom stereocenters. The second kappa shape index (κ2) is 14.2. The molecule has 0 heterocycles. The minimum atomic E-state index is -0.459. The van der Waals surface area contributed by atoms with Crippen molar-refractivity contribution >= 4 is 5.78 Å². The predicted molar refractivity (Wildman–Crippen MR) is 131 cm³/mol. The number of carbonyl (C=O) groups excluding carboxylic acids is 1. The topological polar surface area (TPSA) is 37.3 Å². The van der Waals surface area contributed by atoms with Crippen LogP contribution in [0.25, 0.3) is 0 Å². The van der Waals surface area contributed by atoms with Gasteiger partial charge in [-0.15, -0.1) is 0 Å². The summed E-state index contributed by atoms with van der Waals surface area (Å²) < 4.78 is 0. The van der Waals surface area contributed by atoms with Crippen molar-refractivity contribution in [2.24, 2.45) is 23.7 Å². The van der Waals surface area contributed by atoms with Gasteiger partial charge >= 0.3 is 0 Å². The first-order valence-corrected chi connectivity index (χ1v) is 12.7. The summed E-state index contributed by atoms with van der Waals surface area (Å²) in [6, 6.07) is 0. The molecule has 0 saturated heterocycles. The first-order chi connectivity index (χ1) is 14.1. The summed E-state index contributed by atoms with van der Waals surface area (Å²) in [5.74, 6) is 2.80. The first kappa shape index (κ1) is 27.1. The van der Waals surface area contributed by atoms with Gasteiger partial charge in [-0.05, 0) is 74.9 Å². The third-order valence-electron chi connectivity index (χ3n) is 7.26. The number of carbonyl (C=O) groups is 1. The summed E-state index contributed by atoms with van der Waals surface area (Å²) in [5, 5.41) is 10.4. The summed E-state index contributed by atoms with van der Waals surface area (Å²) >= 11 is 0. The van der Waals surface area contributed by atoms with E-state index in [0.717, 1.165) is 41.7 Å². The zero-order chi connectivity index (χ0) is 22.7. The molecule has 0 radical (unpaired) electrons. The standard InChI is InChI=1S/C28H50O2/c1-20(2)11-8-12-21(3)13-9-14-22(4)15-10-16-23(5)17-18-26-19-27(29)24(6)25(7)28(26)30/h17,20-22,26,28,30H,8-16,18-19H2,1-7H3. The number of hydrogen-bond acceptors (Lipinski definition) is 2. The van der Waals surface area contributed by atoms with Crippen LogP contribution in [0.3, 0.4) is 0 Å². The first-order valence-electron chi connectivity index (χ1n) is 12.7. The highest BCUT2D eigenvalue weighted by Gasteiger charge is 2.30. The van der Waals surface area contributed by atoms with Gasteiger partial charge in [0.1, 0.15) is 0 Å². The molecule has 0 aromatic rings. The van der Waals surface area contributed by atoms with Crippen LogP contribution in [0.2, 0.25) is 0 Å². The Balaban J connectivity index is 2.20. The summed E-state index contributed by atoms with van der Waals surface area (Å²) in [4.78, 5) is 12.1. The maximum atomic E-state index is 12.1. The number of aliphatic hydroxyl groups excluding tert-OH is 1. The normalized spacial score (nSPS) is 22.7. The van der Waals surface area contributed by atoms with Gasteiger partial charge in [0.05, 0.1) is 6.10 Å². The Morgan fingerprint density at radius 2 is 1.50 bits per heavy atom. The van der Waals surface area contributed by atoms with Crippen LogP contribution < -0.4 is 0 Å². The van der Waals surface area contributed by atoms with E-state index in [1.165, 1.54) is 56.9 Å². The average Bonchev–Trinajstić information content (AvgIpc) is 2.67. The van der Waals surface area contributed by atoms with Crippen LogP contribution in [0, 0.1) is 23.7 Å². The third-order valence-corrected chi connectivity index (χ3v) is 7.26. The van der Waals surface area contributed by atoms with Crippen molar-refractivity contribution in [3.05, 3.63) is 22.8 Å². The zero-order valence-corrected chi connectivity index (χ0v) is 21.1. The number of rotatable bonds is 14. The molecular weight excluding hydrogens is 368 g/mol. The summed E-state index contributed by atoms with van der Waals surface area (Å²) in [5.41, 5.74) is 3.04. The SMILES string of the molecule is CC(=CCC1CC(=O)C(C)=C(C)C1O)CCCC(C)CCCC(C)CCCC(C)C. The van der Waals surface area contributed by atoms with Crippen molar-refractivity contribution in [1.29, 1.82) is 0 Å². The molecule has 174 valence electrons. The Hall–Kier alpha value is -0.890. The van der Waals surface area contributed by atoms with Gasteiger partial charge in [-0.1, -0.05) is 84.3 Å². The Kier molecular flexibility index (Phi) is 12.9. The lowest BCUT2D eigenvalue weighted by Gasteiger charge is -2.28. The van der Waals surface area contributed by atoms with Crippen LogP contribution in [0.5, 0.6) is 0 Å². The van der Waals surface area contributed by atoms with Crippen LogP contribution in [0.4, 0.5) is 0 Å². The maximum absolute atomic E-state index is 12.1. The molecule has 0 amide bonds. The molecule has 0 aromatic heterocycles. The summed E-state index contributed by atoms with van der Waals surface area (Å²) in [6.07, 6.45) is 15.1. The van der Waals surface area contributed by atoms with Gasteiger partial charge in [-0.2, -0.15) is 0 Å². The van der Waals surface area contributed by atoms with Crippen LogP contribution in [0.1, 0.15) is 119 Å². The maximum Gasteiger partial charge on any atom is 0.159 e. The van der Waals surface area contributed by atoms with Gasteiger partial charge in [0.15, 0.2) is 5.78 Å². The van der Waals surface area contributed by atoms with E-state index < -0.39 is 6.10 Å². The lowest BCUT2D eigenvalue weighted by Crippen LogP contribution is -2.30. The van der Waals surface area contributed by atoms with E-state index in [4.69, 9.17) is 0 Å². The molecule has 1 aliphatic rings. The number of allylic oxidation sites excluding steroid dienone is 3. The number of Topliss-reactive ketones (excluding diaryl/α,β-unsaturated/α-hetero) is 1. The van der Waals surface area contributed by atoms with Gasteiger partial charge in [-0.3, -0.25) is 4.79 Å². The van der Waals surface area contributed by atoms with E-state index in [2.05, 4.69) is 40.7 Å². The van der Waals surface area contributed by atoms with Crippen molar-refractivity contribution < 1.29 is 9.90 Å². The Labute approximate surface area is 187 Å². The summed E-state index contributed by atoms with van der Waals surface area (Å²) in [6.45, 7) is 15.4. The van der Waals surface area contributed by atoms with Crippen molar-refractivity contribution in [3.8, 4) is 0 Å². The molecule has 2 heteroatoms. The molecule has 0 saturated carbocycles. The fourth-order valence-electron chi connectivity index (χ4n) is 4.67. The van der Waals surface area contributed by atoms with Crippen molar-refractivity contribution in [2.75, 3.05) is 0 Å². The fourth-order valence-corrected chi connectivity index (χ4v) is 4.67. The molecule has 0 bridgehead atoms. The second-order valence-electron chi connectivity index (χ2n) is 10.8. The average molecular weight is 419 g/mol. The third kappa shape index (κ3) is 10.4. The molecule has 0 aliphatic heterocycles. The largest absolute Gasteiger partial charge is 0.388 e. The van der Waals surface area contributed by atoms with E-state index in [9.17, 15) is 9.90 Å². The van der Waals surface area contributed by atoms with E-state index in [-0.39, 0.29) is 11.7 Å². The lowest BCUT2D eigenvalue weighted by molar-refractivity contribution is -0.118. The second-order valence-corrected chi connectivity index (χ2v) is 10.8. The minimum Gasteiger partial charge on any atom is -0.388 e. The quantitative estimate of drug-likeness (QED) is 0.290. The molecule has 2 nitrogen and oxygen atoms in total. The smallest absolute Gasteiger partial charge is 0.159 e. The summed E-state index contributed by atoms with van der Waals surface area (Å²) in [7, 11) is 0. The van der Waals surface area contributed by atoms with Gasteiger partial charge in [-0.25, -0.2) is 0 Å². The van der Waals surface area contributed by atoms with Crippen molar-refractivity contribution in [3.63, 3.8) is 0 Å². The molecule has 4 atom stereocenters. The van der Waals surface area contributed by atoms with Crippen LogP contribution in [-0.4, -0.2) is 17.0 Å². The number of ketones is 1. The molecule has 0 spiro atoms. The predicted octanol–water partition coefficient (Wildman–Crippen LogP) is 8.05. The molecular formula is C28H50O2. The van der Waals surface area contributed by atoms with Crippen LogP contribution in [0.15, 0.2) is 22.8 Å². The van der Waals surface area contributed by atoms with Crippen molar-refractivity contribution in [2.45, 2.75) is 125 Å². The van der Waals surface area contributed by atoms with E-state index >= 15 is 0 Å². The van der Waals surface area contributed by atoms with Gasteiger partial charge in [0, 0.05) is 6.42 Å². The zero-order valence-electron chi connectivity index (χ0n) is 21.1. The molecule has 1 rings (SSSR count). The Bertz CT molecular complexity index is 569. The van der Waals surface area contributed by atoms with Crippen LogP contribution in [-0.2, 0) is 4.79 Å². The number of hydrogen-bond donors (Lipinski definition) is 1. The molecule has 0 fully saturated rings. The lowest BCUT2D eigenvalue weighted by atomic mass is 9.80. The highest BCUT2D eigenvalue weighted by atomic mass is 16.3. The van der Waals surface area contributed by atoms with E-state index in [1.807, 2.05) is 13.8 Å². The minimum absolute atomic E-state index is 0.0533. The van der Waals surface area contributed by atoms with Crippen molar-refractivity contribution in [1.82, 2.24) is 0 Å². The van der Waals surface area contributed by atoms with Gasteiger partial charge < -0.3 is 5.11 Å². The van der Waals surface area contributed by atoms with Gasteiger partial charge in [0.2, 0.25) is 0 Å². The fraction of sp³-hybridized carbons (Fsp3) is 0.821. The van der Waals surface area contributed by atoms with E-state index in [0.29, 0.717) is 6.42 Å². The molecule has 1 N–H and O–H groups in total. The van der Waals surface area contributed by atoms with Crippen LogP contribution >= 0.6 is 0 Å². The Morgan fingerprint density at radius 3 is 2.07 bits per heavy atom.